The third-order valence-corrected chi connectivity index (χ3v) is 4.47. The molecule has 0 saturated carbocycles. The van der Waals surface area contributed by atoms with E-state index < -0.39 is 24.4 Å². The summed E-state index contributed by atoms with van der Waals surface area (Å²) in [6, 6.07) is 0. The smallest absolute Gasteiger partial charge is 0.114 e. The number of hydrogen-bond acceptors (Lipinski definition) is 5. The van der Waals surface area contributed by atoms with Crippen LogP contribution >= 0.6 is 0 Å². The van der Waals surface area contributed by atoms with Crippen LogP contribution in [0.5, 0.6) is 0 Å². The monoisotopic (exact) mass is 344 g/mol. The van der Waals surface area contributed by atoms with Crippen molar-refractivity contribution < 1.29 is 24.8 Å². The van der Waals surface area contributed by atoms with Gasteiger partial charge in [-0.05, 0) is 32.1 Å². The predicted molar refractivity (Wildman–Crippen MR) is 94.9 cm³/mol. The number of ether oxygens (including phenoxy) is 2. The van der Waals surface area contributed by atoms with Crippen molar-refractivity contribution in [2.24, 2.45) is 0 Å². The molecule has 5 nitrogen and oxygen atoms in total. The highest BCUT2D eigenvalue weighted by Crippen LogP contribution is 2.19. The van der Waals surface area contributed by atoms with Gasteiger partial charge in [0.05, 0.1) is 13.2 Å². The van der Waals surface area contributed by atoms with E-state index in [1.807, 2.05) is 0 Å². The van der Waals surface area contributed by atoms with Gasteiger partial charge in [-0.25, -0.2) is 0 Å². The lowest BCUT2D eigenvalue weighted by molar-refractivity contribution is -0.101. The van der Waals surface area contributed by atoms with Crippen molar-refractivity contribution in [2.75, 3.05) is 19.8 Å². The largest absolute Gasteiger partial charge is 0.394 e. The number of unbranched alkanes of at least 4 members (excludes halogenated alkanes) is 7. The molecular weight excluding hydrogens is 308 g/mol. The second kappa shape index (κ2) is 13.8. The van der Waals surface area contributed by atoms with E-state index in [1.165, 1.54) is 38.5 Å². The summed E-state index contributed by atoms with van der Waals surface area (Å²) in [7, 11) is 0. The lowest BCUT2D eigenvalue weighted by Gasteiger charge is -2.24. The number of allylic oxidation sites excluding steroid dienone is 2. The van der Waals surface area contributed by atoms with Gasteiger partial charge >= 0.3 is 0 Å². The fourth-order valence-corrected chi connectivity index (χ4v) is 2.90. The summed E-state index contributed by atoms with van der Waals surface area (Å²) in [6.45, 7) is 2.64. The Labute approximate surface area is 146 Å². The van der Waals surface area contributed by atoms with E-state index >= 15 is 0 Å². The molecule has 1 fully saturated rings. The van der Waals surface area contributed by atoms with E-state index in [4.69, 9.17) is 9.47 Å². The molecule has 0 radical (unpaired) electrons. The zero-order valence-corrected chi connectivity index (χ0v) is 15.1. The number of aliphatic hydroxyl groups excluding tert-OH is 3. The Morgan fingerprint density at radius 2 is 1.71 bits per heavy atom. The standard InChI is InChI=1S/C19H36O5/c1-2-3-4-5-6-7-8-9-10-11-12-13-23-17(14-20)19-18(22)16(21)15-24-19/h8-9,16-22H,2-7,10-15H2,1H3/b9-8+/t16-,17+,18+,19+/m0/s1. The van der Waals surface area contributed by atoms with Crippen molar-refractivity contribution in [1.82, 2.24) is 0 Å². The maximum absolute atomic E-state index is 9.77. The molecule has 3 N–H and O–H groups in total. The van der Waals surface area contributed by atoms with Crippen LogP contribution in [0.4, 0.5) is 0 Å². The first kappa shape index (κ1) is 21.6. The van der Waals surface area contributed by atoms with E-state index in [2.05, 4.69) is 19.1 Å². The summed E-state index contributed by atoms with van der Waals surface area (Å²) >= 11 is 0. The lowest BCUT2D eigenvalue weighted by Crippen LogP contribution is -2.42. The fraction of sp³-hybridized carbons (Fsp3) is 0.895. The summed E-state index contributed by atoms with van der Waals surface area (Å²) in [5, 5.41) is 28.6. The average Bonchev–Trinajstić information content (AvgIpc) is 2.92. The van der Waals surface area contributed by atoms with Gasteiger partial charge in [-0.15, -0.1) is 0 Å². The maximum atomic E-state index is 9.77. The minimum atomic E-state index is -0.984. The van der Waals surface area contributed by atoms with Gasteiger partial charge in [0.1, 0.15) is 24.4 Å². The third-order valence-electron chi connectivity index (χ3n) is 4.47. The minimum absolute atomic E-state index is 0.0922. The summed E-state index contributed by atoms with van der Waals surface area (Å²) in [6.07, 6.45) is 12.2. The Morgan fingerprint density at radius 1 is 1.04 bits per heavy atom. The third kappa shape index (κ3) is 8.58. The van der Waals surface area contributed by atoms with Crippen LogP contribution in [0.3, 0.4) is 0 Å². The minimum Gasteiger partial charge on any atom is -0.394 e. The van der Waals surface area contributed by atoms with Crippen LogP contribution in [0.1, 0.15) is 64.7 Å². The van der Waals surface area contributed by atoms with Crippen molar-refractivity contribution in [3.63, 3.8) is 0 Å². The molecule has 5 heteroatoms. The highest BCUT2D eigenvalue weighted by atomic mass is 16.6. The van der Waals surface area contributed by atoms with E-state index in [0.717, 1.165) is 19.3 Å². The number of rotatable bonds is 14. The molecule has 0 aromatic carbocycles. The van der Waals surface area contributed by atoms with Gasteiger partial charge in [-0.2, -0.15) is 0 Å². The SMILES string of the molecule is CCCCCCC/C=C/CCCCO[C@H](CO)[C@H]1OC[C@H](O)[C@H]1O. The molecule has 142 valence electrons. The van der Waals surface area contributed by atoms with Gasteiger partial charge < -0.3 is 24.8 Å². The van der Waals surface area contributed by atoms with Gasteiger partial charge in [0.25, 0.3) is 0 Å². The van der Waals surface area contributed by atoms with Crippen molar-refractivity contribution >= 4 is 0 Å². The molecule has 1 saturated heterocycles. The van der Waals surface area contributed by atoms with Crippen LogP contribution < -0.4 is 0 Å². The molecule has 0 unspecified atom stereocenters. The van der Waals surface area contributed by atoms with Crippen LogP contribution in [-0.4, -0.2) is 59.6 Å². The van der Waals surface area contributed by atoms with Crippen LogP contribution in [0.15, 0.2) is 12.2 Å². The Balaban J connectivity index is 1.99. The fourth-order valence-electron chi connectivity index (χ4n) is 2.90. The van der Waals surface area contributed by atoms with Crippen LogP contribution in [0.25, 0.3) is 0 Å². The van der Waals surface area contributed by atoms with E-state index in [1.54, 1.807) is 0 Å². The maximum Gasteiger partial charge on any atom is 0.114 e. The molecule has 0 bridgehead atoms. The van der Waals surface area contributed by atoms with Gasteiger partial charge in [-0.1, -0.05) is 44.8 Å². The molecule has 0 aromatic heterocycles. The molecular formula is C19H36O5. The first-order chi connectivity index (χ1) is 11.7. The van der Waals surface area contributed by atoms with Crippen LogP contribution in [0, 0.1) is 0 Å². The van der Waals surface area contributed by atoms with E-state index in [0.29, 0.717) is 6.61 Å². The second-order valence-electron chi connectivity index (χ2n) is 6.62. The Bertz CT molecular complexity index is 321. The number of aliphatic hydroxyl groups is 3. The van der Waals surface area contributed by atoms with Gasteiger partial charge in [-0.3, -0.25) is 0 Å². The molecule has 1 rings (SSSR count). The molecule has 4 atom stereocenters. The Hall–Kier alpha value is -0.460. The second-order valence-corrected chi connectivity index (χ2v) is 6.62. The molecule has 24 heavy (non-hydrogen) atoms. The zero-order chi connectivity index (χ0) is 17.6. The normalized spacial score (nSPS) is 25.6. The molecule has 0 aliphatic carbocycles. The van der Waals surface area contributed by atoms with E-state index in [-0.39, 0.29) is 13.2 Å². The average molecular weight is 344 g/mol. The lowest BCUT2D eigenvalue weighted by atomic mass is 10.1. The van der Waals surface area contributed by atoms with Gasteiger partial charge in [0.2, 0.25) is 0 Å². The van der Waals surface area contributed by atoms with Crippen molar-refractivity contribution in [2.45, 2.75) is 89.1 Å². The topological polar surface area (TPSA) is 79.2 Å². The molecule has 1 heterocycles. The van der Waals surface area contributed by atoms with Crippen molar-refractivity contribution in [3.05, 3.63) is 12.2 Å². The molecule has 1 aliphatic rings. The zero-order valence-electron chi connectivity index (χ0n) is 15.1. The van der Waals surface area contributed by atoms with Crippen molar-refractivity contribution in [1.29, 1.82) is 0 Å². The quantitative estimate of drug-likeness (QED) is 0.333. The first-order valence-corrected chi connectivity index (χ1v) is 9.55. The van der Waals surface area contributed by atoms with Crippen LogP contribution in [-0.2, 0) is 9.47 Å². The molecule has 0 spiro atoms. The van der Waals surface area contributed by atoms with Gasteiger partial charge in [0, 0.05) is 6.61 Å². The summed E-state index contributed by atoms with van der Waals surface area (Å²) in [5.41, 5.74) is 0. The summed E-state index contributed by atoms with van der Waals surface area (Å²) < 4.78 is 10.9. The summed E-state index contributed by atoms with van der Waals surface area (Å²) in [5.74, 6) is 0. The predicted octanol–water partition coefficient (Wildman–Crippen LogP) is 2.57. The van der Waals surface area contributed by atoms with Gasteiger partial charge in [0.15, 0.2) is 0 Å². The van der Waals surface area contributed by atoms with E-state index in [9.17, 15) is 15.3 Å². The Kier molecular flexibility index (Phi) is 12.4. The molecule has 1 aliphatic heterocycles. The summed E-state index contributed by atoms with van der Waals surface area (Å²) in [4.78, 5) is 0. The molecule has 0 aromatic rings. The molecule has 0 amide bonds. The highest BCUT2D eigenvalue weighted by molar-refractivity contribution is 4.88. The Morgan fingerprint density at radius 3 is 2.29 bits per heavy atom. The highest BCUT2D eigenvalue weighted by Gasteiger charge is 2.40. The first-order valence-electron chi connectivity index (χ1n) is 9.55. The van der Waals surface area contributed by atoms with Crippen LogP contribution in [0.2, 0.25) is 0 Å². The number of hydrogen-bond donors (Lipinski definition) is 3. The van der Waals surface area contributed by atoms with Crippen molar-refractivity contribution in [3.8, 4) is 0 Å².